The zero-order valence-corrected chi connectivity index (χ0v) is 14.2. The average molecular weight is 328 g/mol. The third-order valence-electron chi connectivity index (χ3n) is 4.09. The highest BCUT2D eigenvalue weighted by atomic mass is 32.1. The quantitative estimate of drug-likeness (QED) is 0.936. The highest BCUT2D eigenvalue weighted by molar-refractivity contribution is 7.12. The second kappa shape index (κ2) is 6.54. The molecule has 0 aliphatic carbocycles. The molecule has 5 heteroatoms. The molecule has 0 saturated heterocycles. The summed E-state index contributed by atoms with van der Waals surface area (Å²) in [6.45, 7) is 5.27. The van der Waals surface area contributed by atoms with Gasteiger partial charge in [-0.15, -0.1) is 11.3 Å². The van der Waals surface area contributed by atoms with E-state index in [1.807, 2.05) is 42.3 Å². The lowest BCUT2D eigenvalue weighted by Crippen LogP contribution is -2.35. The summed E-state index contributed by atoms with van der Waals surface area (Å²) in [4.78, 5) is 26.7. The van der Waals surface area contributed by atoms with Crippen LogP contribution in [0, 0.1) is 6.92 Å². The van der Waals surface area contributed by atoms with Gasteiger partial charge in [0.2, 0.25) is 5.91 Å². The Morgan fingerprint density at radius 2 is 2.09 bits per heavy atom. The van der Waals surface area contributed by atoms with Crippen LogP contribution in [0.15, 0.2) is 29.6 Å². The molecule has 1 aliphatic rings. The van der Waals surface area contributed by atoms with Crippen molar-refractivity contribution in [2.75, 3.05) is 11.9 Å². The molecule has 1 aliphatic heterocycles. The first-order valence-electron chi connectivity index (χ1n) is 7.83. The largest absolute Gasteiger partial charge is 0.338 e. The number of carbonyl (C=O) groups excluding carboxylic acids is 2. The number of nitrogens with one attached hydrogen (secondary N) is 1. The molecule has 0 fully saturated rings. The first-order chi connectivity index (χ1) is 11.1. The fourth-order valence-corrected chi connectivity index (χ4v) is 3.61. The van der Waals surface area contributed by atoms with Crippen LogP contribution < -0.4 is 5.32 Å². The number of anilines is 1. The van der Waals surface area contributed by atoms with Crippen LogP contribution in [0.3, 0.4) is 0 Å². The molecule has 2 heterocycles. The van der Waals surface area contributed by atoms with E-state index in [1.165, 1.54) is 16.9 Å². The number of rotatable bonds is 3. The lowest BCUT2D eigenvalue weighted by atomic mass is 9.99. The molecule has 2 amide bonds. The highest BCUT2D eigenvalue weighted by Gasteiger charge is 2.20. The monoisotopic (exact) mass is 328 g/mol. The summed E-state index contributed by atoms with van der Waals surface area (Å²) < 4.78 is 0. The van der Waals surface area contributed by atoms with E-state index in [9.17, 15) is 9.59 Å². The van der Waals surface area contributed by atoms with Crippen molar-refractivity contribution in [1.29, 1.82) is 0 Å². The minimum atomic E-state index is -0.0830. The molecule has 0 saturated carbocycles. The van der Waals surface area contributed by atoms with E-state index in [-0.39, 0.29) is 11.8 Å². The van der Waals surface area contributed by atoms with Gasteiger partial charge in [-0.3, -0.25) is 9.59 Å². The number of thiophene rings is 1. The van der Waals surface area contributed by atoms with Gasteiger partial charge in [0.1, 0.15) is 0 Å². The number of aryl methyl sites for hydroxylation is 1. The van der Waals surface area contributed by atoms with Crippen LogP contribution in [-0.2, 0) is 17.8 Å². The minimum Gasteiger partial charge on any atom is -0.338 e. The number of nitrogens with zero attached hydrogens (tertiary/aromatic N) is 1. The Morgan fingerprint density at radius 3 is 2.78 bits per heavy atom. The van der Waals surface area contributed by atoms with Crippen LogP contribution in [0.1, 0.15) is 39.7 Å². The van der Waals surface area contributed by atoms with E-state index >= 15 is 0 Å². The Bertz CT molecular complexity index is 751. The summed E-state index contributed by atoms with van der Waals surface area (Å²) in [5.74, 6) is 0.0968. The molecule has 4 nitrogen and oxygen atoms in total. The van der Waals surface area contributed by atoms with Gasteiger partial charge in [-0.05, 0) is 53.6 Å². The van der Waals surface area contributed by atoms with Gasteiger partial charge < -0.3 is 10.2 Å². The molecule has 3 rings (SSSR count). The normalized spacial score (nSPS) is 13.6. The maximum Gasteiger partial charge on any atom is 0.265 e. The first-order valence-corrected chi connectivity index (χ1v) is 8.71. The van der Waals surface area contributed by atoms with E-state index in [1.54, 1.807) is 0 Å². The second-order valence-corrected chi connectivity index (χ2v) is 6.76. The number of hydrogen-bond acceptors (Lipinski definition) is 3. The summed E-state index contributed by atoms with van der Waals surface area (Å²) in [5.41, 5.74) is 4.26. The SMILES string of the molecule is CCC(=O)N1CCc2ccc(NC(=O)c3cc(C)cs3)cc2C1. The zero-order chi connectivity index (χ0) is 16.4. The predicted molar refractivity (Wildman–Crippen MR) is 92.9 cm³/mol. The zero-order valence-electron chi connectivity index (χ0n) is 13.4. The van der Waals surface area contributed by atoms with Gasteiger partial charge in [0.25, 0.3) is 5.91 Å². The summed E-state index contributed by atoms with van der Waals surface area (Å²) in [5, 5.41) is 4.92. The van der Waals surface area contributed by atoms with Gasteiger partial charge >= 0.3 is 0 Å². The number of amides is 2. The van der Waals surface area contributed by atoms with Crippen molar-refractivity contribution in [3.8, 4) is 0 Å². The smallest absolute Gasteiger partial charge is 0.265 e. The second-order valence-electron chi connectivity index (χ2n) is 5.84. The molecule has 0 radical (unpaired) electrons. The molecule has 1 aromatic heterocycles. The van der Waals surface area contributed by atoms with Crippen molar-refractivity contribution >= 4 is 28.8 Å². The van der Waals surface area contributed by atoms with Crippen LogP contribution in [0.2, 0.25) is 0 Å². The highest BCUT2D eigenvalue weighted by Crippen LogP contribution is 2.24. The molecule has 0 atom stereocenters. The Hall–Kier alpha value is -2.14. The molecule has 0 spiro atoms. The van der Waals surface area contributed by atoms with Crippen molar-refractivity contribution < 1.29 is 9.59 Å². The fourth-order valence-electron chi connectivity index (χ4n) is 2.81. The number of benzene rings is 1. The van der Waals surface area contributed by atoms with Crippen molar-refractivity contribution in [1.82, 2.24) is 4.90 Å². The van der Waals surface area contributed by atoms with Gasteiger partial charge in [0, 0.05) is 25.2 Å². The molecule has 1 N–H and O–H groups in total. The molecule has 23 heavy (non-hydrogen) atoms. The third kappa shape index (κ3) is 3.45. The number of hydrogen-bond donors (Lipinski definition) is 1. The van der Waals surface area contributed by atoms with Gasteiger partial charge in [-0.25, -0.2) is 0 Å². The van der Waals surface area contributed by atoms with Gasteiger partial charge in [-0.2, -0.15) is 0 Å². The predicted octanol–water partition coefficient (Wildman–Crippen LogP) is 3.60. The van der Waals surface area contributed by atoms with Crippen LogP contribution in [-0.4, -0.2) is 23.3 Å². The van der Waals surface area contributed by atoms with Crippen molar-refractivity contribution in [3.05, 3.63) is 51.2 Å². The van der Waals surface area contributed by atoms with E-state index in [0.29, 0.717) is 17.8 Å². The Morgan fingerprint density at radius 1 is 1.26 bits per heavy atom. The Balaban J connectivity index is 1.75. The van der Waals surface area contributed by atoms with Gasteiger partial charge in [-0.1, -0.05) is 13.0 Å². The average Bonchev–Trinajstić information content (AvgIpc) is 3.00. The first kappa shape index (κ1) is 15.7. The fraction of sp³-hybridized carbons (Fsp3) is 0.333. The standard InChI is InChI=1S/C18H20N2O2S/c1-3-17(21)20-7-6-13-4-5-15(9-14(13)10-20)19-18(22)16-8-12(2)11-23-16/h4-5,8-9,11H,3,6-7,10H2,1-2H3,(H,19,22). The molecule has 0 bridgehead atoms. The molecular formula is C18H20N2O2S. The molecule has 2 aromatic rings. The Labute approximate surface area is 140 Å². The van der Waals surface area contributed by atoms with Crippen molar-refractivity contribution in [2.45, 2.75) is 33.2 Å². The van der Waals surface area contributed by atoms with Gasteiger partial charge in [0.15, 0.2) is 0 Å². The van der Waals surface area contributed by atoms with Crippen LogP contribution >= 0.6 is 11.3 Å². The maximum atomic E-state index is 12.2. The summed E-state index contributed by atoms with van der Waals surface area (Å²) in [7, 11) is 0. The summed E-state index contributed by atoms with van der Waals surface area (Å²) in [6.07, 6.45) is 1.41. The van der Waals surface area contributed by atoms with Crippen LogP contribution in [0.4, 0.5) is 5.69 Å². The van der Waals surface area contributed by atoms with E-state index in [0.717, 1.165) is 29.8 Å². The third-order valence-corrected chi connectivity index (χ3v) is 5.13. The lowest BCUT2D eigenvalue weighted by molar-refractivity contribution is -0.131. The van der Waals surface area contributed by atoms with E-state index in [4.69, 9.17) is 0 Å². The molecule has 1 aromatic carbocycles. The molecule has 120 valence electrons. The number of carbonyl (C=O) groups is 2. The number of fused-ring (bicyclic) bond motifs is 1. The van der Waals surface area contributed by atoms with Gasteiger partial charge in [0.05, 0.1) is 4.88 Å². The topological polar surface area (TPSA) is 49.4 Å². The Kier molecular flexibility index (Phi) is 4.48. The van der Waals surface area contributed by atoms with E-state index in [2.05, 4.69) is 11.4 Å². The minimum absolute atomic E-state index is 0.0830. The summed E-state index contributed by atoms with van der Waals surface area (Å²) in [6, 6.07) is 7.87. The maximum absolute atomic E-state index is 12.2. The summed E-state index contributed by atoms with van der Waals surface area (Å²) >= 11 is 1.45. The van der Waals surface area contributed by atoms with Crippen molar-refractivity contribution in [3.63, 3.8) is 0 Å². The van der Waals surface area contributed by atoms with Crippen LogP contribution in [0.25, 0.3) is 0 Å². The van der Waals surface area contributed by atoms with Crippen LogP contribution in [0.5, 0.6) is 0 Å². The molecular weight excluding hydrogens is 308 g/mol. The molecule has 0 unspecified atom stereocenters. The van der Waals surface area contributed by atoms with E-state index < -0.39 is 0 Å². The lowest BCUT2D eigenvalue weighted by Gasteiger charge is -2.29. The van der Waals surface area contributed by atoms with Crippen molar-refractivity contribution in [2.24, 2.45) is 0 Å².